The first-order valence-electron chi connectivity index (χ1n) is 28.6. The number of ether oxygens (including phenoxy) is 5. The summed E-state index contributed by atoms with van der Waals surface area (Å²) in [5.41, 5.74) is 12.3. The highest BCUT2D eigenvalue weighted by atomic mass is 79.9. The van der Waals surface area contributed by atoms with E-state index in [2.05, 4.69) is 133 Å². The molecule has 0 atom stereocenters. The number of hydrogen-bond acceptors (Lipinski definition) is 26. The molecule has 10 heterocycles. The minimum Gasteiger partial charge on any atom is -0.466 e. The molecule has 642 valence electrons. The van der Waals surface area contributed by atoms with Gasteiger partial charge >= 0.3 is 59.9 Å². The van der Waals surface area contributed by atoms with Crippen molar-refractivity contribution >= 4 is 110 Å². The first kappa shape index (κ1) is 106. The molecule has 10 rings (SSSR count). The van der Waals surface area contributed by atoms with E-state index in [1.807, 2.05) is 27.7 Å². The lowest BCUT2D eigenvalue weighted by atomic mass is 9.80. The fourth-order valence-electron chi connectivity index (χ4n) is 6.92. The molecule has 0 radical (unpaired) electrons. The Labute approximate surface area is 675 Å². The predicted octanol–water partition coefficient (Wildman–Crippen LogP) is 18.2. The third-order valence-electron chi connectivity index (χ3n) is 12.4. The van der Waals surface area contributed by atoms with Crippen molar-refractivity contribution < 1.29 is 141 Å². The maximum absolute atomic E-state index is 13.9. The summed E-state index contributed by atoms with van der Waals surface area (Å²) in [5, 5.41) is -5.60. The topological polar surface area (TPSA) is 356 Å². The number of halogens is 28. The van der Waals surface area contributed by atoms with Gasteiger partial charge in [-0.3, -0.25) is 19.4 Å². The Kier molecular flexibility index (Phi) is 41.0. The predicted molar refractivity (Wildman–Crippen MR) is 375 cm³/mol. The van der Waals surface area contributed by atoms with Gasteiger partial charge in [0.15, 0.2) is 61.2 Å². The smallest absolute Gasteiger partial charge is 0.466 e. The number of carbonyl (C=O) groups is 2. The molecule has 1 aliphatic heterocycles. The summed E-state index contributed by atoms with van der Waals surface area (Å²) in [7, 11) is -0.844. The van der Waals surface area contributed by atoms with Crippen molar-refractivity contribution in [2.75, 3.05) is 31.9 Å². The molecular weight excluding hydrogens is 1800 g/mol. The van der Waals surface area contributed by atoms with Crippen LogP contribution in [0.2, 0.25) is 10.3 Å². The number of rotatable bonds is 16. The van der Waals surface area contributed by atoms with Crippen molar-refractivity contribution in [3.05, 3.63) is 143 Å². The number of nitrogens with zero attached hydrogens (tertiary/aromatic N) is 14. The van der Waals surface area contributed by atoms with Gasteiger partial charge < -0.3 is 38.4 Å². The van der Waals surface area contributed by atoms with Crippen LogP contribution in [-0.4, -0.2) is 162 Å². The van der Waals surface area contributed by atoms with Crippen molar-refractivity contribution in [1.82, 2.24) is 69.4 Å². The van der Waals surface area contributed by atoms with Gasteiger partial charge in [-0.05, 0) is 103 Å². The molecule has 1 aliphatic rings. The second-order valence-corrected chi connectivity index (χ2v) is 24.3. The van der Waals surface area contributed by atoms with E-state index in [9.17, 15) is 106 Å². The summed E-state index contributed by atoms with van der Waals surface area (Å²) in [6.07, 6.45) is -3.60. The fourth-order valence-corrected chi connectivity index (χ4v) is 7.53. The van der Waals surface area contributed by atoms with Crippen molar-refractivity contribution in [1.29, 1.82) is 11.1 Å². The van der Waals surface area contributed by atoms with Gasteiger partial charge in [-0.1, -0.05) is 52.9 Å². The van der Waals surface area contributed by atoms with Gasteiger partial charge in [0.2, 0.25) is 5.82 Å². The van der Waals surface area contributed by atoms with Crippen LogP contribution in [0.3, 0.4) is 0 Å². The molecule has 0 spiro atoms. The lowest BCUT2D eigenvalue weighted by Gasteiger charge is -2.32. The third kappa shape index (κ3) is 35.5. The maximum atomic E-state index is 13.9. The number of nitrogens with one attached hydrogen (secondary N) is 3. The van der Waals surface area contributed by atoms with Crippen molar-refractivity contribution in [2.24, 2.45) is 5.84 Å². The Morgan fingerprint density at radius 1 is 0.491 bits per heavy atom. The number of nitrogens with two attached hydrogens (primary N) is 1. The number of pyridine rings is 4. The highest BCUT2D eigenvalue weighted by Crippen LogP contribution is 2.38. The number of nitrogen functional groups attached to an aromatic ring is 1. The number of anilines is 1. The van der Waals surface area contributed by atoms with E-state index in [-0.39, 0.29) is 81.2 Å². The van der Waals surface area contributed by atoms with Crippen LogP contribution in [0.1, 0.15) is 64.7 Å². The molecule has 0 unspecified atom stereocenters. The molecule has 5 N–H and O–H groups in total. The number of fused-ring (bicyclic) bond motifs is 1. The Morgan fingerprint density at radius 3 is 1.14 bits per heavy atom. The van der Waals surface area contributed by atoms with E-state index < -0.39 is 150 Å². The molecule has 0 aliphatic carbocycles. The zero-order valence-corrected chi connectivity index (χ0v) is 60.6. The number of hydrazine groups is 1. The van der Waals surface area contributed by atoms with E-state index in [0.29, 0.717) is 15.6 Å². The van der Waals surface area contributed by atoms with Gasteiger partial charge in [0, 0.05) is 54.6 Å². The Hall–Kier alpha value is -9.54. The molecule has 0 saturated carbocycles. The first-order valence-corrected chi connectivity index (χ1v) is 31.3. The molecule has 0 aromatic carbocycles. The minimum atomic E-state index is -4.66. The molecule has 9 aromatic heterocycles. The highest BCUT2D eigenvalue weighted by molar-refractivity contribution is 9.10. The van der Waals surface area contributed by atoms with Gasteiger partial charge in [0.25, 0.3) is 23.5 Å². The third-order valence-corrected chi connectivity index (χ3v) is 13.6. The zero-order valence-electron chi connectivity index (χ0n) is 55.2. The Morgan fingerprint density at radius 2 is 0.836 bits per heavy atom. The van der Waals surface area contributed by atoms with E-state index in [1.165, 1.54) is 37.2 Å². The lowest BCUT2D eigenvalue weighted by molar-refractivity contribution is -0.180. The molecule has 116 heavy (non-hydrogen) atoms. The average Bonchev–Trinajstić information content (AvgIpc) is 1.64. The van der Waals surface area contributed by atoms with Crippen LogP contribution in [0.5, 0.6) is 23.5 Å². The molecule has 0 amide bonds. The summed E-state index contributed by atoms with van der Waals surface area (Å²) >= 11 is 27.1. The number of aromatic nitrogens is 14. The van der Waals surface area contributed by atoms with Crippen LogP contribution in [0.15, 0.2) is 103 Å². The maximum Gasteiger partial charge on any atom is 0.496 e. The zero-order chi connectivity index (χ0) is 84.9. The van der Waals surface area contributed by atoms with Crippen LogP contribution in [0.4, 0.5) is 102 Å². The summed E-state index contributed by atoms with van der Waals surface area (Å²) in [4.78, 5) is 60.9. The first-order chi connectivity index (χ1) is 51.5. The lowest BCUT2D eigenvalue weighted by Crippen LogP contribution is -2.41. The molecule has 27 nitrogen and oxygen atoms in total. The molecule has 1 fully saturated rings. The van der Waals surface area contributed by atoms with Crippen LogP contribution in [0.25, 0.3) is 39.4 Å². The second kappa shape index (κ2) is 44.7. The fraction of sp³-hybridized carbons (Fsp3) is 0.350. The van der Waals surface area contributed by atoms with E-state index >= 15 is 0 Å². The number of hydrogen-bond donors (Lipinski definition) is 4. The van der Waals surface area contributed by atoms with Crippen LogP contribution in [-0.2, 0) is 29.0 Å². The molecule has 9 aromatic rings. The van der Waals surface area contributed by atoms with E-state index in [0.717, 1.165) is 59.7 Å². The quantitative estimate of drug-likeness (QED) is 0.0102. The Balaban J connectivity index is 0. The van der Waals surface area contributed by atoms with Crippen LogP contribution >= 0.6 is 73.9 Å². The average molecular weight is 1860 g/mol. The van der Waals surface area contributed by atoms with Gasteiger partial charge in [0.05, 0.1) is 71.7 Å². The van der Waals surface area contributed by atoms with Crippen molar-refractivity contribution in [2.45, 2.75) is 109 Å². The van der Waals surface area contributed by atoms with Gasteiger partial charge in [0.1, 0.15) is 14.9 Å². The summed E-state index contributed by atoms with van der Waals surface area (Å²) in [5.74, 6) is -7.95. The van der Waals surface area contributed by atoms with Gasteiger partial charge in [-0.2, -0.15) is 79.0 Å². The van der Waals surface area contributed by atoms with E-state index in [4.69, 9.17) is 61.0 Å². The monoisotopic (exact) mass is 1860 g/mol. The minimum absolute atomic E-state index is 0. The second-order valence-electron chi connectivity index (χ2n) is 21.3. The highest BCUT2D eigenvalue weighted by Gasteiger charge is 2.52. The van der Waals surface area contributed by atoms with Crippen LogP contribution in [0, 0.1) is 34.3 Å². The number of carbonyl (C=O) groups excluding carboxylic acids is 2. The van der Waals surface area contributed by atoms with Crippen LogP contribution < -0.4 is 35.7 Å². The molecular formula is C60H59BBrCl5F22N18O9. The van der Waals surface area contributed by atoms with Gasteiger partial charge in [-0.15, -0.1) is 10.2 Å². The molecule has 0 bridgehead atoms. The van der Waals surface area contributed by atoms with Gasteiger partial charge in [-0.25, -0.2) is 83.9 Å². The van der Waals surface area contributed by atoms with E-state index in [1.54, 1.807) is 6.20 Å². The molecule has 1 saturated heterocycles. The summed E-state index contributed by atoms with van der Waals surface area (Å²) in [6, 6.07) is 3.71. The largest absolute Gasteiger partial charge is 0.496 e. The summed E-state index contributed by atoms with van der Waals surface area (Å²) < 4.78 is 305. The normalized spacial score (nSPS) is 12.8. The summed E-state index contributed by atoms with van der Waals surface area (Å²) in [6.45, 7) is 0.774. The SMILES string of the molecule is C.C.C.C.CC1(C)OB(c2cnc(OCC(F)(F)F)c(F)c2)OC1(C)C.Clc1cnc(Br)cn1.Fc1cc(-c2cn3c(C(F)(F)Cl)nnc3cn2)cnc1OCC(F)(F)F.Fc1cc(-c2cnc(Cl)cn2)cnc1OCC(F)(F)F.N=N.NNc1cnc(-c2cnc(OCC(F)(F)F)c(F)c2)cn1.O=C(OC(=O)C(F)(F)Cl)C(F)(F)Cl.[HH]. The standard InChI is InChI=1S/C13H16BF4NO3.C13H6ClF6N5O.C11H6ClF4N3O.C11H9F4N5O.C4H2BrClN2.C4Cl2F4O3.4CH4.H2N2.H2/c1-11(2)12(3,4)22-14(21-11)8-5-9(15)10(19-6-8)20-7-13(16,17)18;14-13(19,20)11-24-23-9-3-21-8(4-25(9)11)6-1-7(15)10(22-2-6)26-5-12(16,17)18;12-9-4-17-8(3-18-9)6-1-7(13)10(19-2-6)20-5-11(14,15)16;12-7-1-6(8-3-18-9(20-16)4-17-8)2-19-10(7)21-5-11(13,14)15;5-3-1-8-4(6)2-7-3;5-3(7,8)1(11)13-2(12)4(6,9)10;;;;;1-2;/h5-6H,7H2,1-4H3;1-4H,5H2;1-4H,5H2;1-4H,5,16H2,(H,18,20);1-2H;;4*1H4;1-2H;1H. The Bertz CT molecular complexity index is 4540. The number of alkyl halides is 21. The van der Waals surface area contributed by atoms with Crippen molar-refractivity contribution in [3.8, 4) is 57.3 Å². The number of esters is 2. The van der Waals surface area contributed by atoms with Crippen molar-refractivity contribution in [3.63, 3.8) is 0 Å². The molecule has 56 heteroatoms.